The van der Waals surface area contributed by atoms with Crippen LogP contribution in [0.4, 0.5) is 18.9 Å². The van der Waals surface area contributed by atoms with Gasteiger partial charge in [-0.25, -0.2) is 0 Å². The highest BCUT2D eigenvalue weighted by molar-refractivity contribution is 5.94. The van der Waals surface area contributed by atoms with Gasteiger partial charge in [0.15, 0.2) is 0 Å². The van der Waals surface area contributed by atoms with E-state index >= 15 is 0 Å². The van der Waals surface area contributed by atoms with Gasteiger partial charge in [0.2, 0.25) is 5.91 Å². The van der Waals surface area contributed by atoms with Crippen LogP contribution in [-0.4, -0.2) is 29.9 Å². The van der Waals surface area contributed by atoms with Gasteiger partial charge in [-0.15, -0.1) is 0 Å². The highest BCUT2D eigenvalue weighted by Crippen LogP contribution is 2.30. The number of amides is 1. The average molecular weight is 314 g/mol. The lowest BCUT2D eigenvalue weighted by Crippen LogP contribution is -2.45. The molecule has 0 aliphatic carbocycles. The number of benzene rings is 1. The van der Waals surface area contributed by atoms with Crippen LogP contribution in [0.15, 0.2) is 24.3 Å². The van der Waals surface area contributed by atoms with Gasteiger partial charge in [-0.3, -0.25) is 9.69 Å². The van der Waals surface area contributed by atoms with Crippen LogP contribution in [0.25, 0.3) is 0 Å². The molecule has 0 saturated carbocycles. The molecule has 1 aliphatic heterocycles. The van der Waals surface area contributed by atoms with Crippen LogP contribution in [0.2, 0.25) is 0 Å². The molecule has 1 heterocycles. The van der Waals surface area contributed by atoms with E-state index in [4.69, 9.17) is 0 Å². The van der Waals surface area contributed by atoms with Gasteiger partial charge in [0.25, 0.3) is 0 Å². The summed E-state index contributed by atoms with van der Waals surface area (Å²) in [7, 11) is 0. The number of piperidine rings is 1. The molecule has 1 amide bonds. The molecule has 1 N–H and O–H groups in total. The number of halogens is 3. The summed E-state index contributed by atoms with van der Waals surface area (Å²) in [5, 5.41) is 2.58. The predicted octanol–water partition coefficient (Wildman–Crippen LogP) is 3.76. The molecular weight excluding hydrogens is 293 g/mol. The summed E-state index contributed by atoms with van der Waals surface area (Å²) in [6, 6.07) is 4.37. The Labute approximate surface area is 128 Å². The molecule has 1 aliphatic rings. The van der Waals surface area contributed by atoms with E-state index in [0.717, 1.165) is 38.1 Å². The Kier molecular flexibility index (Phi) is 5.11. The molecule has 0 aromatic heterocycles. The average Bonchev–Trinajstić information content (AvgIpc) is 2.46. The Morgan fingerprint density at radius 3 is 2.55 bits per heavy atom. The summed E-state index contributed by atoms with van der Waals surface area (Å²) >= 11 is 0. The monoisotopic (exact) mass is 314 g/mol. The molecule has 22 heavy (non-hydrogen) atoms. The third-order valence-electron chi connectivity index (χ3n) is 4.20. The van der Waals surface area contributed by atoms with Gasteiger partial charge < -0.3 is 5.32 Å². The van der Waals surface area contributed by atoms with Crippen molar-refractivity contribution in [1.29, 1.82) is 0 Å². The lowest BCUT2D eigenvalue weighted by molar-refractivity contribution is -0.137. The van der Waals surface area contributed by atoms with Crippen molar-refractivity contribution in [3.8, 4) is 0 Å². The number of carbonyl (C=O) groups excluding carboxylic acids is 1. The van der Waals surface area contributed by atoms with Crippen LogP contribution >= 0.6 is 0 Å². The molecule has 0 spiro atoms. The fraction of sp³-hybridized carbons (Fsp3) is 0.562. The smallest absolute Gasteiger partial charge is 0.325 e. The number of nitrogens with one attached hydrogen (secondary N) is 1. The Morgan fingerprint density at radius 2 is 1.95 bits per heavy atom. The summed E-state index contributed by atoms with van der Waals surface area (Å²) < 4.78 is 38.0. The van der Waals surface area contributed by atoms with Gasteiger partial charge in [0.05, 0.1) is 11.6 Å². The first-order chi connectivity index (χ1) is 10.3. The summed E-state index contributed by atoms with van der Waals surface area (Å²) in [5.41, 5.74) is -0.582. The largest absolute Gasteiger partial charge is 0.416 e. The summed E-state index contributed by atoms with van der Waals surface area (Å²) in [6.07, 6.45) is -2.32. The van der Waals surface area contributed by atoms with Gasteiger partial charge >= 0.3 is 6.18 Å². The second kappa shape index (κ2) is 6.69. The number of nitrogens with zero attached hydrogens (tertiary/aromatic N) is 1. The zero-order valence-electron chi connectivity index (χ0n) is 12.8. The van der Waals surface area contributed by atoms with Crippen molar-refractivity contribution >= 4 is 11.6 Å². The number of likely N-dealkylation sites (tertiary alicyclic amines) is 1. The number of anilines is 1. The quantitative estimate of drug-likeness (QED) is 0.921. The van der Waals surface area contributed by atoms with Crippen molar-refractivity contribution in [3.63, 3.8) is 0 Å². The lowest BCUT2D eigenvalue weighted by Gasteiger charge is -2.34. The molecule has 122 valence electrons. The maximum Gasteiger partial charge on any atom is 0.416 e. The van der Waals surface area contributed by atoms with Gasteiger partial charge in [-0.2, -0.15) is 13.2 Å². The van der Waals surface area contributed by atoms with Crippen molar-refractivity contribution < 1.29 is 18.0 Å². The molecule has 6 heteroatoms. The normalized spacial score (nSPS) is 19.0. The van der Waals surface area contributed by atoms with Crippen LogP contribution in [0.5, 0.6) is 0 Å². The molecule has 0 unspecified atom stereocenters. The highest BCUT2D eigenvalue weighted by Gasteiger charge is 2.31. The molecule has 1 atom stereocenters. The van der Waals surface area contributed by atoms with E-state index in [0.29, 0.717) is 5.92 Å². The van der Waals surface area contributed by atoms with E-state index in [2.05, 4.69) is 17.1 Å². The summed E-state index contributed by atoms with van der Waals surface area (Å²) in [5.74, 6) is 0.392. The maximum atomic E-state index is 12.7. The maximum absolute atomic E-state index is 12.7. The number of hydrogen-bond donors (Lipinski definition) is 1. The predicted molar refractivity (Wildman–Crippen MR) is 79.5 cm³/mol. The molecule has 1 fully saturated rings. The molecule has 0 bridgehead atoms. The second-order valence-corrected chi connectivity index (χ2v) is 5.96. The van der Waals surface area contributed by atoms with Crippen molar-refractivity contribution in [2.24, 2.45) is 5.92 Å². The minimum absolute atomic E-state index is 0.178. The fourth-order valence-electron chi connectivity index (χ4n) is 2.60. The summed E-state index contributed by atoms with van der Waals surface area (Å²) in [4.78, 5) is 14.3. The molecular formula is C16H21F3N2O. The number of carbonyl (C=O) groups is 1. The van der Waals surface area contributed by atoms with Crippen LogP contribution in [0.3, 0.4) is 0 Å². The molecule has 1 aromatic carbocycles. The minimum atomic E-state index is -4.41. The molecule has 0 radical (unpaired) electrons. The van der Waals surface area contributed by atoms with Crippen LogP contribution in [0, 0.1) is 5.92 Å². The van der Waals surface area contributed by atoms with E-state index in [1.54, 1.807) is 6.92 Å². The van der Waals surface area contributed by atoms with Crippen molar-refractivity contribution in [2.45, 2.75) is 38.9 Å². The van der Waals surface area contributed by atoms with Gasteiger partial charge in [0.1, 0.15) is 0 Å². The Hall–Kier alpha value is -1.56. The van der Waals surface area contributed by atoms with E-state index in [1.807, 2.05) is 0 Å². The first-order valence-electron chi connectivity index (χ1n) is 7.49. The first-order valence-corrected chi connectivity index (χ1v) is 7.49. The molecule has 1 aromatic rings. The standard InChI is InChI=1S/C16H21F3N2O/c1-11-6-8-21(9-7-11)12(2)15(22)20-14-5-3-4-13(10-14)16(17,18)19/h3-5,10-12H,6-9H2,1-2H3,(H,20,22)/t12-/m1/s1. The van der Waals surface area contributed by atoms with Crippen LogP contribution < -0.4 is 5.32 Å². The van der Waals surface area contributed by atoms with Gasteiger partial charge in [-0.05, 0) is 57.0 Å². The van der Waals surface area contributed by atoms with Crippen LogP contribution in [0.1, 0.15) is 32.3 Å². The van der Waals surface area contributed by atoms with E-state index in [1.165, 1.54) is 12.1 Å². The Balaban J connectivity index is 1.99. The highest BCUT2D eigenvalue weighted by atomic mass is 19.4. The third kappa shape index (κ3) is 4.22. The van der Waals surface area contributed by atoms with Crippen molar-refractivity contribution in [3.05, 3.63) is 29.8 Å². The van der Waals surface area contributed by atoms with E-state index in [-0.39, 0.29) is 17.6 Å². The fourth-order valence-corrected chi connectivity index (χ4v) is 2.60. The van der Waals surface area contributed by atoms with E-state index in [9.17, 15) is 18.0 Å². The SMILES string of the molecule is CC1CCN([C@H](C)C(=O)Nc2cccc(C(F)(F)F)c2)CC1. The number of hydrogen-bond acceptors (Lipinski definition) is 2. The molecule has 1 saturated heterocycles. The summed E-state index contributed by atoms with van der Waals surface area (Å²) in [6.45, 7) is 5.67. The van der Waals surface area contributed by atoms with E-state index < -0.39 is 11.7 Å². The minimum Gasteiger partial charge on any atom is -0.325 e. The number of alkyl halides is 3. The zero-order valence-corrected chi connectivity index (χ0v) is 12.8. The zero-order chi connectivity index (χ0) is 16.3. The van der Waals surface area contributed by atoms with Gasteiger partial charge in [0, 0.05) is 5.69 Å². The molecule has 3 nitrogen and oxygen atoms in total. The lowest BCUT2D eigenvalue weighted by atomic mass is 9.98. The first kappa shape index (κ1) is 16.8. The van der Waals surface area contributed by atoms with Gasteiger partial charge in [-0.1, -0.05) is 13.0 Å². The van der Waals surface area contributed by atoms with Crippen LogP contribution in [-0.2, 0) is 11.0 Å². The molecule has 2 rings (SSSR count). The topological polar surface area (TPSA) is 32.3 Å². The van der Waals surface area contributed by atoms with Crippen molar-refractivity contribution in [1.82, 2.24) is 4.90 Å². The van der Waals surface area contributed by atoms with Crippen molar-refractivity contribution in [2.75, 3.05) is 18.4 Å². The number of rotatable bonds is 3. The Bertz CT molecular complexity index is 522. The second-order valence-electron chi connectivity index (χ2n) is 5.96. The third-order valence-corrected chi connectivity index (χ3v) is 4.20. The Morgan fingerprint density at radius 1 is 1.32 bits per heavy atom.